The Hall–Kier alpha value is -1.88. The van der Waals surface area contributed by atoms with E-state index in [0.717, 1.165) is 11.1 Å². The molecule has 1 aromatic carbocycles. The molecule has 17 heavy (non-hydrogen) atoms. The number of nitrogens with zero attached hydrogens (tertiary/aromatic N) is 2. The number of aliphatic hydroxyl groups is 1. The Labute approximate surface area is 98.7 Å². The molecule has 0 fully saturated rings. The van der Waals surface area contributed by atoms with Crippen molar-refractivity contribution in [3.8, 4) is 0 Å². The number of benzene rings is 1. The molecule has 0 saturated carbocycles. The predicted molar refractivity (Wildman–Crippen MR) is 62.2 cm³/mol. The standard InChI is InChI=1S/C12H14N2O3/c1-8(15)12(16)14(2)6-9-3-4-10-11(5-9)17-7-13-10/h3-5,7-8,15H,6H2,1-2H3. The molecule has 0 aliphatic rings. The van der Waals surface area contributed by atoms with Crippen molar-refractivity contribution in [3.63, 3.8) is 0 Å². The average molecular weight is 234 g/mol. The third kappa shape index (κ3) is 2.45. The van der Waals surface area contributed by atoms with Crippen molar-refractivity contribution in [2.45, 2.75) is 19.6 Å². The summed E-state index contributed by atoms with van der Waals surface area (Å²) in [7, 11) is 1.65. The van der Waals surface area contributed by atoms with Crippen LogP contribution >= 0.6 is 0 Å². The third-order valence-corrected chi connectivity index (χ3v) is 2.55. The lowest BCUT2D eigenvalue weighted by atomic mass is 10.2. The highest BCUT2D eigenvalue weighted by Gasteiger charge is 2.14. The molecule has 0 aliphatic heterocycles. The van der Waals surface area contributed by atoms with Gasteiger partial charge in [0.2, 0.25) is 0 Å². The maximum absolute atomic E-state index is 11.5. The fourth-order valence-electron chi connectivity index (χ4n) is 1.67. The molecular formula is C12H14N2O3. The number of likely N-dealkylation sites (N-methyl/N-ethyl adjacent to an activating group) is 1. The summed E-state index contributed by atoms with van der Waals surface area (Å²) in [5.41, 5.74) is 2.42. The molecule has 0 spiro atoms. The van der Waals surface area contributed by atoms with Crippen molar-refractivity contribution in [1.82, 2.24) is 9.88 Å². The van der Waals surface area contributed by atoms with Crippen molar-refractivity contribution >= 4 is 17.0 Å². The van der Waals surface area contributed by atoms with Gasteiger partial charge in [-0.1, -0.05) is 6.07 Å². The molecule has 2 aromatic rings. The highest BCUT2D eigenvalue weighted by molar-refractivity contribution is 5.80. The number of aliphatic hydroxyl groups excluding tert-OH is 1. The quantitative estimate of drug-likeness (QED) is 0.865. The topological polar surface area (TPSA) is 66.6 Å². The zero-order valence-electron chi connectivity index (χ0n) is 9.75. The van der Waals surface area contributed by atoms with Crippen LogP contribution in [0.25, 0.3) is 11.1 Å². The molecule has 1 heterocycles. The highest BCUT2D eigenvalue weighted by Crippen LogP contribution is 2.15. The van der Waals surface area contributed by atoms with Crippen LogP contribution in [0.3, 0.4) is 0 Å². The fourth-order valence-corrected chi connectivity index (χ4v) is 1.67. The number of oxazole rings is 1. The maximum atomic E-state index is 11.5. The molecule has 1 aromatic heterocycles. The van der Waals surface area contributed by atoms with Crippen LogP contribution < -0.4 is 0 Å². The summed E-state index contributed by atoms with van der Waals surface area (Å²) in [4.78, 5) is 17.0. The number of carbonyl (C=O) groups is 1. The number of hydrogen-bond acceptors (Lipinski definition) is 4. The summed E-state index contributed by atoms with van der Waals surface area (Å²) >= 11 is 0. The van der Waals surface area contributed by atoms with Crippen molar-refractivity contribution in [1.29, 1.82) is 0 Å². The van der Waals surface area contributed by atoms with E-state index in [9.17, 15) is 9.90 Å². The number of hydrogen-bond donors (Lipinski definition) is 1. The number of aromatic nitrogens is 1. The lowest BCUT2D eigenvalue weighted by Crippen LogP contribution is -2.34. The zero-order valence-corrected chi connectivity index (χ0v) is 9.75. The Morgan fingerprint density at radius 1 is 1.59 bits per heavy atom. The van der Waals surface area contributed by atoms with Crippen molar-refractivity contribution in [2.24, 2.45) is 0 Å². The summed E-state index contributed by atoms with van der Waals surface area (Å²) in [6, 6.07) is 5.57. The van der Waals surface area contributed by atoms with Crippen LogP contribution in [0.2, 0.25) is 0 Å². The SMILES string of the molecule is CC(O)C(=O)N(C)Cc1ccc2ncoc2c1. The summed E-state index contributed by atoms with van der Waals surface area (Å²) in [5, 5.41) is 9.19. The summed E-state index contributed by atoms with van der Waals surface area (Å²) < 4.78 is 5.18. The van der Waals surface area contributed by atoms with E-state index in [1.54, 1.807) is 7.05 Å². The van der Waals surface area contributed by atoms with Crippen LogP contribution in [-0.2, 0) is 11.3 Å². The van der Waals surface area contributed by atoms with Gasteiger partial charge in [0, 0.05) is 13.6 Å². The minimum absolute atomic E-state index is 0.303. The average Bonchev–Trinajstić information content (AvgIpc) is 2.74. The van der Waals surface area contributed by atoms with Gasteiger partial charge < -0.3 is 14.4 Å². The molecule has 2 rings (SSSR count). The number of fused-ring (bicyclic) bond motifs is 1. The van der Waals surface area contributed by atoms with Crippen molar-refractivity contribution < 1.29 is 14.3 Å². The van der Waals surface area contributed by atoms with Gasteiger partial charge in [0.25, 0.3) is 5.91 Å². The lowest BCUT2D eigenvalue weighted by molar-refractivity contribution is -0.138. The van der Waals surface area contributed by atoms with Gasteiger partial charge in [0.05, 0.1) is 0 Å². The molecule has 0 bridgehead atoms. The predicted octanol–water partition coefficient (Wildman–Crippen LogP) is 1.17. The van der Waals surface area contributed by atoms with Crippen LogP contribution in [0.15, 0.2) is 29.0 Å². The fraction of sp³-hybridized carbons (Fsp3) is 0.333. The maximum Gasteiger partial charge on any atom is 0.251 e. The smallest absolute Gasteiger partial charge is 0.251 e. The van der Waals surface area contributed by atoms with Crippen molar-refractivity contribution in [3.05, 3.63) is 30.2 Å². The molecule has 5 nitrogen and oxygen atoms in total. The first-order valence-corrected chi connectivity index (χ1v) is 5.33. The molecule has 0 saturated heterocycles. The van der Waals surface area contributed by atoms with Crippen LogP contribution in [0, 0.1) is 0 Å². The molecule has 1 unspecified atom stereocenters. The monoisotopic (exact) mass is 234 g/mol. The third-order valence-electron chi connectivity index (χ3n) is 2.55. The van der Waals surface area contributed by atoms with Crippen LogP contribution in [-0.4, -0.2) is 34.0 Å². The first kappa shape index (κ1) is 11.6. The van der Waals surface area contributed by atoms with Crippen LogP contribution in [0.5, 0.6) is 0 Å². The summed E-state index contributed by atoms with van der Waals surface area (Å²) in [6.07, 6.45) is 0.410. The van der Waals surface area contributed by atoms with Crippen LogP contribution in [0.4, 0.5) is 0 Å². The van der Waals surface area contributed by atoms with E-state index in [-0.39, 0.29) is 5.91 Å². The van der Waals surface area contributed by atoms with E-state index in [1.165, 1.54) is 18.2 Å². The minimum Gasteiger partial charge on any atom is -0.443 e. The van der Waals surface area contributed by atoms with E-state index in [0.29, 0.717) is 12.1 Å². The van der Waals surface area contributed by atoms with Crippen LogP contribution in [0.1, 0.15) is 12.5 Å². The van der Waals surface area contributed by atoms with Gasteiger partial charge in [0.15, 0.2) is 12.0 Å². The molecular weight excluding hydrogens is 220 g/mol. The van der Waals surface area contributed by atoms with Crippen molar-refractivity contribution in [2.75, 3.05) is 7.05 Å². The Morgan fingerprint density at radius 3 is 3.06 bits per heavy atom. The first-order valence-electron chi connectivity index (χ1n) is 5.33. The van der Waals surface area contributed by atoms with Gasteiger partial charge in [-0.05, 0) is 24.6 Å². The normalized spacial score (nSPS) is 12.6. The summed E-state index contributed by atoms with van der Waals surface area (Å²) in [5.74, 6) is -0.303. The molecule has 5 heteroatoms. The molecule has 0 aliphatic carbocycles. The van der Waals surface area contributed by atoms with Gasteiger partial charge in [-0.25, -0.2) is 4.98 Å². The Morgan fingerprint density at radius 2 is 2.35 bits per heavy atom. The highest BCUT2D eigenvalue weighted by atomic mass is 16.3. The van der Waals surface area contributed by atoms with Gasteiger partial charge in [-0.15, -0.1) is 0 Å². The molecule has 1 N–H and O–H groups in total. The molecule has 0 radical (unpaired) electrons. The Balaban J connectivity index is 2.15. The van der Waals surface area contributed by atoms with Gasteiger partial charge >= 0.3 is 0 Å². The van der Waals surface area contributed by atoms with Gasteiger partial charge in [0.1, 0.15) is 11.6 Å². The van der Waals surface area contributed by atoms with E-state index in [1.807, 2.05) is 18.2 Å². The Bertz CT molecular complexity index is 533. The molecule has 1 amide bonds. The zero-order chi connectivity index (χ0) is 12.4. The van der Waals surface area contributed by atoms with E-state index in [2.05, 4.69) is 4.98 Å². The number of amides is 1. The van der Waals surface area contributed by atoms with Gasteiger partial charge in [-0.3, -0.25) is 4.79 Å². The second kappa shape index (κ2) is 4.55. The second-order valence-corrected chi connectivity index (χ2v) is 4.02. The second-order valence-electron chi connectivity index (χ2n) is 4.02. The Kier molecular flexibility index (Phi) is 3.10. The van der Waals surface area contributed by atoms with Gasteiger partial charge in [-0.2, -0.15) is 0 Å². The minimum atomic E-state index is -0.978. The summed E-state index contributed by atoms with van der Waals surface area (Å²) in [6.45, 7) is 1.89. The van der Waals surface area contributed by atoms with E-state index >= 15 is 0 Å². The molecule has 1 atom stereocenters. The first-order chi connectivity index (χ1) is 8.08. The van der Waals surface area contributed by atoms with E-state index < -0.39 is 6.10 Å². The van der Waals surface area contributed by atoms with E-state index in [4.69, 9.17) is 4.42 Å². The largest absolute Gasteiger partial charge is 0.443 e. The number of carbonyl (C=O) groups excluding carboxylic acids is 1. The number of rotatable bonds is 3. The molecule has 90 valence electrons. The lowest BCUT2D eigenvalue weighted by Gasteiger charge is -2.18.